The van der Waals surface area contributed by atoms with Gasteiger partial charge in [-0.15, -0.1) is 0 Å². The van der Waals surface area contributed by atoms with E-state index in [1.807, 2.05) is 0 Å². The van der Waals surface area contributed by atoms with Crippen molar-refractivity contribution < 1.29 is 9.53 Å². The highest BCUT2D eigenvalue weighted by atomic mass is 16.5. The average molecular weight is 269 g/mol. The molecule has 2 rings (SSSR count). The van der Waals surface area contributed by atoms with Gasteiger partial charge in [0.1, 0.15) is 0 Å². The number of hydrogen-bond acceptors (Lipinski definition) is 4. The minimum Gasteiger partial charge on any atom is -0.381 e. The normalized spacial score (nSPS) is 24.7. The van der Waals surface area contributed by atoms with E-state index in [4.69, 9.17) is 4.74 Å². The van der Waals surface area contributed by atoms with E-state index in [-0.39, 0.29) is 11.3 Å². The second kappa shape index (κ2) is 7.22. The Bertz CT molecular complexity index is 282. The summed E-state index contributed by atoms with van der Waals surface area (Å²) in [5.74, 6) is 0.162. The van der Waals surface area contributed by atoms with Crippen LogP contribution in [0.15, 0.2) is 0 Å². The summed E-state index contributed by atoms with van der Waals surface area (Å²) < 4.78 is 5.38. The molecule has 0 atom stereocenters. The molecule has 2 aliphatic heterocycles. The Kier molecular flexibility index (Phi) is 5.60. The van der Waals surface area contributed by atoms with Gasteiger partial charge in [0.25, 0.3) is 0 Å². The lowest BCUT2D eigenvalue weighted by atomic mass is 9.82. The third-order valence-corrected chi connectivity index (χ3v) is 4.21. The molecule has 0 aliphatic carbocycles. The molecule has 19 heavy (non-hydrogen) atoms. The highest BCUT2D eigenvalue weighted by Gasteiger charge is 2.27. The van der Waals surface area contributed by atoms with Gasteiger partial charge in [-0.1, -0.05) is 6.92 Å². The van der Waals surface area contributed by atoms with Crippen LogP contribution in [0.3, 0.4) is 0 Å². The Morgan fingerprint density at radius 2 is 2.11 bits per heavy atom. The van der Waals surface area contributed by atoms with Crippen molar-refractivity contribution in [2.45, 2.75) is 26.2 Å². The molecule has 0 radical (unpaired) electrons. The summed E-state index contributed by atoms with van der Waals surface area (Å²) in [6.45, 7) is 9.25. The number of hydrogen-bond donors (Lipinski definition) is 2. The third-order valence-electron chi connectivity index (χ3n) is 4.21. The molecule has 2 heterocycles. The van der Waals surface area contributed by atoms with Crippen molar-refractivity contribution >= 4 is 5.91 Å². The molecule has 0 saturated carbocycles. The van der Waals surface area contributed by atoms with E-state index in [1.54, 1.807) is 0 Å². The molecule has 5 heteroatoms. The monoisotopic (exact) mass is 269 g/mol. The zero-order valence-corrected chi connectivity index (χ0v) is 12.0. The Morgan fingerprint density at radius 3 is 2.89 bits per heavy atom. The Morgan fingerprint density at radius 1 is 1.32 bits per heavy atom. The molecule has 0 aromatic rings. The summed E-state index contributed by atoms with van der Waals surface area (Å²) in [7, 11) is 0. The highest BCUT2D eigenvalue weighted by Crippen LogP contribution is 2.28. The minimum atomic E-state index is 0.162. The Labute approximate surface area is 116 Å². The number of nitrogens with one attached hydrogen (secondary N) is 2. The molecule has 0 aromatic heterocycles. The first-order valence-electron chi connectivity index (χ1n) is 7.46. The second-order valence-electron chi connectivity index (χ2n) is 6.08. The topological polar surface area (TPSA) is 53.6 Å². The minimum absolute atomic E-state index is 0.162. The van der Waals surface area contributed by atoms with Crippen LogP contribution in [-0.2, 0) is 9.53 Å². The number of rotatable bonds is 4. The van der Waals surface area contributed by atoms with Crippen LogP contribution in [0.2, 0.25) is 0 Å². The number of carbonyl (C=O) groups is 1. The van der Waals surface area contributed by atoms with Crippen LogP contribution in [-0.4, -0.2) is 63.3 Å². The Hall–Kier alpha value is -0.650. The lowest BCUT2D eigenvalue weighted by molar-refractivity contribution is -0.123. The van der Waals surface area contributed by atoms with Gasteiger partial charge < -0.3 is 15.4 Å². The molecule has 0 aromatic carbocycles. The molecule has 2 aliphatic rings. The molecule has 110 valence electrons. The van der Waals surface area contributed by atoms with Crippen molar-refractivity contribution in [3.8, 4) is 0 Å². The van der Waals surface area contributed by atoms with Crippen molar-refractivity contribution in [2.75, 3.05) is 52.5 Å². The largest absolute Gasteiger partial charge is 0.381 e. The van der Waals surface area contributed by atoms with Crippen molar-refractivity contribution in [1.29, 1.82) is 0 Å². The van der Waals surface area contributed by atoms with Crippen LogP contribution in [0.25, 0.3) is 0 Å². The van der Waals surface area contributed by atoms with Gasteiger partial charge >= 0.3 is 0 Å². The maximum atomic E-state index is 12.0. The van der Waals surface area contributed by atoms with Crippen molar-refractivity contribution in [3.05, 3.63) is 0 Å². The number of carbonyl (C=O) groups excluding carboxylic acids is 1. The molecule has 0 bridgehead atoms. The summed E-state index contributed by atoms with van der Waals surface area (Å²) in [4.78, 5) is 14.2. The number of ether oxygens (including phenoxy) is 1. The average Bonchev–Trinajstić information content (AvgIpc) is 2.66. The standard InChI is InChI=1S/C14H27N3O2/c1-14(3-9-19-10-4-14)12-16-13(18)11-17-7-2-5-15-6-8-17/h15H,2-12H2,1H3,(H,16,18). The zero-order valence-electron chi connectivity index (χ0n) is 12.0. The van der Waals surface area contributed by atoms with Crippen LogP contribution in [0.1, 0.15) is 26.2 Å². The first-order chi connectivity index (χ1) is 9.18. The van der Waals surface area contributed by atoms with E-state index < -0.39 is 0 Å². The summed E-state index contributed by atoms with van der Waals surface area (Å²) in [6, 6.07) is 0. The van der Waals surface area contributed by atoms with Gasteiger partial charge in [-0.05, 0) is 37.8 Å². The molecule has 1 amide bonds. The van der Waals surface area contributed by atoms with Crippen molar-refractivity contribution in [2.24, 2.45) is 5.41 Å². The zero-order chi connectivity index (χ0) is 13.6. The van der Waals surface area contributed by atoms with Gasteiger partial charge in [0, 0.05) is 32.8 Å². The lowest BCUT2D eigenvalue weighted by Gasteiger charge is -2.33. The fourth-order valence-electron chi connectivity index (χ4n) is 2.67. The van der Waals surface area contributed by atoms with Gasteiger partial charge in [-0.25, -0.2) is 0 Å². The lowest BCUT2D eigenvalue weighted by Crippen LogP contribution is -2.44. The van der Waals surface area contributed by atoms with E-state index >= 15 is 0 Å². The third kappa shape index (κ3) is 5.09. The van der Waals surface area contributed by atoms with Crippen LogP contribution in [0, 0.1) is 5.41 Å². The smallest absolute Gasteiger partial charge is 0.234 e. The Balaban J connectivity index is 1.68. The highest BCUT2D eigenvalue weighted by molar-refractivity contribution is 5.78. The quantitative estimate of drug-likeness (QED) is 0.766. The fraction of sp³-hybridized carbons (Fsp3) is 0.929. The molecular weight excluding hydrogens is 242 g/mol. The van der Waals surface area contributed by atoms with Crippen LogP contribution in [0.4, 0.5) is 0 Å². The predicted molar refractivity (Wildman–Crippen MR) is 75.1 cm³/mol. The second-order valence-corrected chi connectivity index (χ2v) is 6.08. The first kappa shape index (κ1) is 14.8. The predicted octanol–water partition coefficient (Wildman–Crippen LogP) is 0.215. The van der Waals surface area contributed by atoms with E-state index in [1.165, 1.54) is 0 Å². The summed E-state index contributed by atoms with van der Waals surface area (Å²) in [5.41, 5.74) is 0.217. The summed E-state index contributed by atoms with van der Waals surface area (Å²) in [5, 5.41) is 6.46. The van der Waals surface area contributed by atoms with E-state index in [0.29, 0.717) is 6.54 Å². The van der Waals surface area contributed by atoms with E-state index in [9.17, 15) is 4.79 Å². The van der Waals surface area contributed by atoms with Gasteiger partial charge in [-0.2, -0.15) is 0 Å². The van der Waals surface area contributed by atoms with E-state index in [0.717, 1.165) is 65.2 Å². The van der Waals surface area contributed by atoms with Crippen molar-refractivity contribution in [3.63, 3.8) is 0 Å². The molecule has 2 fully saturated rings. The van der Waals surface area contributed by atoms with Crippen molar-refractivity contribution in [1.82, 2.24) is 15.5 Å². The van der Waals surface area contributed by atoms with Crippen LogP contribution < -0.4 is 10.6 Å². The molecule has 5 nitrogen and oxygen atoms in total. The summed E-state index contributed by atoms with van der Waals surface area (Å²) in [6.07, 6.45) is 3.21. The van der Waals surface area contributed by atoms with Gasteiger partial charge in [0.2, 0.25) is 5.91 Å². The van der Waals surface area contributed by atoms with Gasteiger partial charge in [0.05, 0.1) is 6.54 Å². The number of amides is 1. The fourth-order valence-corrected chi connectivity index (χ4v) is 2.67. The maximum Gasteiger partial charge on any atom is 0.234 e. The van der Waals surface area contributed by atoms with Gasteiger partial charge in [-0.3, -0.25) is 9.69 Å². The number of nitrogens with zero attached hydrogens (tertiary/aromatic N) is 1. The molecule has 2 N–H and O–H groups in total. The van der Waals surface area contributed by atoms with Crippen LogP contribution >= 0.6 is 0 Å². The SMILES string of the molecule is CC1(CNC(=O)CN2CCCNCC2)CCOCC1. The van der Waals surface area contributed by atoms with Gasteiger partial charge in [0.15, 0.2) is 0 Å². The molecule has 0 unspecified atom stereocenters. The van der Waals surface area contributed by atoms with E-state index in [2.05, 4.69) is 22.5 Å². The molecule has 2 saturated heterocycles. The van der Waals surface area contributed by atoms with Crippen LogP contribution in [0.5, 0.6) is 0 Å². The molecular formula is C14H27N3O2. The summed E-state index contributed by atoms with van der Waals surface area (Å²) >= 11 is 0. The first-order valence-corrected chi connectivity index (χ1v) is 7.46. The maximum absolute atomic E-state index is 12.0. The molecule has 0 spiro atoms.